The fourth-order valence-electron chi connectivity index (χ4n) is 3.25. The molecule has 1 aliphatic heterocycles. The Kier molecular flexibility index (Phi) is 11.2. The number of aliphatic imine (C=N–C) groups is 1. The molecule has 1 saturated carbocycles. The van der Waals surface area contributed by atoms with Crippen molar-refractivity contribution < 1.29 is 9.47 Å². The van der Waals surface area contributed by atoms with Gasteiger partial charge in [0.05, 0.1) is 13.2 Å². The Labute approximate surface area is 163 Å². The first-order valence-corrected chi connectivity index (χ1v) is 9.16. The van der Waals surface area contributed by atoms with E-state index in [2.05, 4.69) is 15.2 Å². The van der Waals surface area contributed by atoms with Gasteiger partial charge in [0.1, 0.15) is 0 Å². The van der Waals surface area contributed by atoms with Crippen molar-refractivity contribution in [2.24, 2.45) is 16.1 Å². The highest BCUT2D eigenvalue weighted by Crippen LogP contribution is 2.44. The fraction of sp³-hybridized carbons (Fsp3) is 0.941. The summed E-state index contributed by atoms with van der Waals surface area (Å²) in [7, 11) is 0. The highest BCUT2D eigenvalue weighted by atomic mass is 127. The van der Waals surface area contributed by atoms with Crippen LogP contribution < -0.4 is 11.1 Å². The lowest BCUT2D eigenvalue weighted by Crippen LogP contribution is -2.40. The van der Waals surface area contributed by atoms with Gasteiger partial charge in [-0.15, -0.1) is 24.0 Å². The number of morpholine rings is 1. The molecule has 0 unspecified atom stereocenters. The van der Waals surface area contributed by atoms with Crippen LogP contribution in [0.3, 0.4) is 0 Å². The molecule has 0 aromatic rings. The van der Waals surface area contributed by atoms with Gasteiger partial charge in [0.2, 0.25) is 0 Å². The number of rotatable bonds is 10. The SMILES string of the molecule is CCOCCC1(CN=C(N)NCCCN2CCOCC2)CCC1.I. The minimum Gasteiger partial charge on any atom is -0.382 e. The van der Waals surface area contributed by atoms with Crippen molar-refractivity contribution in [3.05, 3.63) is 0 Å². The minimum atomic E-state index is 0. The summed E-state index contributed by atoms with van der Waals surface area (Å²) >= 11 is 0. The summed E-state index contributed by atoms with van der Waals surface area (Å²) in [4.78, 5) is 7.02. The van der Waals surface area contributed by atoms with Gasteiger partial charge in [-0.05, 0) is 44.6 Å². The van der Waals surface area contributed by atoms with Crippen LogP contribution in [0.1, 0.15) is 39.0 Å². The van der Waals surface area contributed by atoms with Gasteiger partial charge in [0.15, 0.2) is 5.96 Å². The zero-order chi connectivity index (χ0) is 16.4. The van der Waals surface area contributed by atoms with Crippen molar-refractivity contribution in [2.75, 3.05) is 59.2 Å². The normalized spacial score (nSPS) is 21.0. The molecule has 0 atom stereocenters. The van der Waals surface area contributed by atoms with Crippen LogP contribution in [-0.4, -0.2) is 70.0 Å². The highest BCUT2D eigenvalue weighted by Gasteiger charge is 2.36. The first-order chi connectivity index (χ1) is 11.2. The van der Waals surface area contributed by atoms with Gasteiger partial charge < -0.3 is 20.5 Å². The third-order valence-corrected chi connectivity index (χ3v) is 5.04. The standard InChI is InChI=1S/C17H34N4O2.HI/c1-2-22-12-7-17(5-3-6-17)15-20-16(18)19-8-4-9-21-10-13-23-14-11-21;/h2-15H2,1H3,(H3,18,19,20);1H. The van der Waals surface area contributed by atoms with E-state index in [0.29, 0.717) is 11.4 Å². The lowest BCUT2D eigenvalue weighted by Gasteiger charge is -2.40. The van der Waals surface area contributed by atoms with E-state index in [0.717, 1.165) is 72.0 Å². The summed E-state index contributed by atoms with van der Waals surface area (Å²) in [6.07, 6.45) is 6.02. The number of guanidine groups is 1. The lowest BCUT2D eigenvalue weighted by molar-refractivity contribution is 0.0376. The van der Waals surface area contributed by atoms with E-state index >= 15 is 0 Å². The first kappa shape index (κ1) is 21.9. The van der Waals surface area contributed by atoms with Crippen LogP contribution in [0.15, 0.2) is 4.99 Å². The Morgan fingerprint density at radius 1 is 1.33 bits per heavy atom. The van der Waals surface area contributed by atoms with Crippen LogP contribution in [0.25, 0.3) is 0 Å². The first-order valence-electron chi connectivity index (χ1n) is 9.16. The second-order valence-electron chi connectivity index (χ2n) is 6.74. The summed E-state index contributed by atoms with van der Waals surface area (Å²) in [5.41, 5.74) is 6.35. The Morgan fingerprint density at radius 2 is 2.08 bits per heavy atom. The molecular formula is C17H35IN4O2. The molecule has 0 aromatic heterocycles. The summed E-state index contributed by atoms with van der Waals surface area (Å²) < 4.78 is 10.9. The number of hydrogen-bond donors (Lipinski definition) is 2. The second kappa shape index (κ2) is 12.3. The van der Waals surface area contributed by atoms with Crippen molar-refractivity contribution in [2.45, 2.75) is 39.0 Å². The average Bonchev–Trinajstić information content (AvgIpc) is 2.54. The molecule has 2 aliphatic rings. The van der Waals surface area contributed by atoms with Crippen LogP contribution in [0.2, 0.25) is 0 Å². The molecule has 2 fully saturated rings. The summed E-state index contributed by atoms with van der Waals surface area (Å²) in [6.45, 7) is 10.3. The Morgan fingerprint density at radius 3 is 2.71 bits per heavy atom. The Hall–Kier alpha value is -0.120. The molecule has 2 rings (SSSR count). The number of ether oxygens (including phenoxy) is 2. The average molecular weight is 454 g/mol. The zero-order valence-electron chi connectivity index (χ0n) is 15.1. The van der Waals surface area contributed by atoms with Gasteiger partial charge in [0.25, 0.3) is 0 Å². The fourth-order valence-corrected chi connectivity index (χ4v) is 3.25. The van der Waals surface area contributed by atoms with Gasteiger partial charge >= 0.3 is 0 Å². The highest BCUT2D eigenvalue weighted by molar-refractivity contribution is 14.0. The van der Waals surface area contributed by atoms with Gasteiger partial charge in [-0.1, -0.05) is 6.42 Å². The smallest absolute Gasteiger partial charge is 0.188 e. The van der Waals surface area contributed by atoms with Crippen molar-refractivity contribution >= 4 is 29.9 Å². The maximum absolute atomic E-state index is 6.01. The number of hydrogen-bond acceptors (Lipinski definition) is 4. The van der Waals surface area contributed by atoms with Crippen LogP contribution in [-0.2, 0) is 9.47 Å². The molecule has 1 aliphatic carbocycles. The lowest BCUT2D eigenvalue weighted by atomic mass is 9.67. The molecule has 1 saturated heterocycles. The van der Waals surface area contributed by atoms with Gasteiger partial charge in [-0.25, -0.2) is 0 Å². The zero-order valence-corrected chi connectivity index (χ0v) is 17.4. The molecule has 0 bridgehead atoms. The Bertz CT molecular complexity index is 358. The van der Waals surface area contributed by atoms with Crippen LogP contribution in [0.4, 0.5) is 0 Å². The third kappa shape index (κ3) is 7.84. The van der Waals surface area contributed by atoms with Crippen molar-refractivity contribution in [3.8, 4) is 0 Å². The molecule has 0 amide bonds. The summed E-state index contributed by atoms with van der Waals surface area (Å²) in [6, 6.07) is 0. The number of nitrogens with one attached hydrogen (secondary N) is 1. The van der Waals surface area contributed by atoms with Crippen LogP contribution in [0, 0.1) is 5.41 Å². The molecule has 0 spiro atoms. The molecule has 142 valence electrons. The van der Waals surface area contributed by atoms with E-state index in [-0.39, 0.29) is 24.0 Å². The topological polar surface area (TPSA) is 72.1 Å². The molecule has 24 heavy (non-hydrogen) atoms. The summed E-state index contributed by atoms with van der Waals surface area (Å²) in [5, 5.41) is 3.25. The molecule has 0 aromatic carbocycles. The third-order valence-electron chi connectivity index (χ3n) is 5.04. The van der Waals surface area contributed by atoms with Gasteiger partial charge in [0, 0.05) is 39.4 Å². The molecule has 0 radical (unpaired) electrons. The van der Waals surface area contributed by atoms with E-state index in [1.165, 1.54) is 19.3 Å². The van der Waals surface area contributed by atoms with E-state index in [9.17, 15) is 0 Å². The number of halogens is 1. The predicted molar refractivity (Wildman–Crippen MR) is 109 cm³/mol. The van der Waals surface area contributed by atoms with E-state index in [1.807, 2.05) is 6.92 Å². The van der Waals surface area contributed by atoms with Gasteiger partial charge in [-0.2, -0.15) is 0 Å². The van der Waals surface area contributed by atoms with E-state index in [4.69, 9.17) is 15.2 Å². The van der Waals surface area contributed by atoms with Crippen molar-refractivity contribution in [3.63, 3.8) is 0 Å². The quantitative estimate of drug-likeness (QED) is 0.228. The summed E-state index contributed by atoms with van der Waals surface area (Å²) in [5.74, 6) is 0.592. The van der Waals surface area contributed by atoms with Gasteiger partial charge in [-0.3, -0.25) is 9.89 Å². The number of nitrogens with zero attached hydrogens (tertiary/aromatic N) is 2. The maximum Gasteiger partial charge on any atom is 0.188 e. The van der Waals surface area contributed by atoms with E-state index in [1.54, 1.807) is 0 Å². The predicted octanol–water partition coefficient (Wildman–Crippen LogP) is 1.83. The molecule has 6 nitrogen and oxygen atoms in total. The van der Waals surface area contributed by atoms with Crippen molar-refractivity contribution in [1.82, 2.24) is 10.2 Å². The molecule has 1 heterocycles. The van der Waals surface area contributed by atoms with E-state index < -0.39 is 0 Å². The van der Waals surface area contributed by atoms with Crippen molar-refractivity contribution in [1.29, 1.82) is 0 Å². The second-order valence-corrected chi connectivity index (χ2v) is 6.74. The largest absolute Gasteiger partial charge is 0.382 e. The monoisotopic (exact) mass is 454 g/mol. The molecular weight excluding hydrogens is 419 g/mol. The minimum absolute atomic E-state index is 0. The number of nitrogens with two attached hydrogens (primary N) is 1. The van der Waals surface area contributed by atoms with Crippen LogP contribution in [0.5, 0.6) is 0 Å². The Balaban J connectivity index is 0.00000288. The maximum atomic E-state index is 6.01. The van der Waals surface area contributed by atoms with Crippen LogP contribution >= 0.6 is 24.0 Å². The molecule has 3 N–H and O–H groups in total. The molecule has 7 heteroatoms.